The Hall–Kier alpha value is -3.32. The highest BCUT2D eigenvalue weighted by Gasteiger charge is 2.20. The van der Waals surface area contributed by atoms with Crippen LogP contribution in [0.3, 0.4) is 0 Å². The molecule has 0 bridgehead atoms. The van der Waals surface area contributed by atoms with Crippen LogP contribution in [0, 0.1) is 18.3 Å². The van der Waals surface area contributed by atoms with Crippen LogP contribution >= 0.6 is 11.6 Å². The molecule has 4 rings (SSSR count). The molecule has 0 unspecified atom stereocenters. The highest BCUT2D eigenvalue weighted by molar-refractivity contribution is 7.88. The zero-order chi connectivity index (χ0) is 21.5. The maximum atomic E-state index is 11.5. The number of nitrogens with two attached hydrogens (primary N) is 1. The Morgan fingerprint density at radius 3 is 2.67 bits per heavy atom. The molecule has 0 atom stereocenters. The number of nitrogens with zero attached hydrogens (tertiary/aromatic N) is 5. The quantitative estimate of drug-likeness (QED) is 0.488. The first-order valence-corrected chi connectivity index (χ1v) is 10.9. The highest BCUT2D eigenvalue weighted by atomic mass is 35.5. The van der Waals surface area contributed by atoms with Crippen molar-refractivity contribution in [3.63, 3.8) is 0 Å². The second kappa shape index (κ2) is 7.50. The zero-order valence-corrected chi connectivity index (χ0v) is 17.3. The van der Waals surface area contributed by atoms with Gasteiger partial charge in [0, 0.05) is 17.5 Å². The fourth-order valence-corrected chi connectivity index (χ4v) is 4.05. The van der Waals surface area contributed by atoms with Crippen molar-refractivity contribution in [2.75, 3.05) is 0 Å². The maximum absolute atomic E-state index is 11.5. The van der Waals surface area contributed by atoms with E-state index in [2.05, 4.69) is 21.1 Å². The van der Waals surface area contributed by atoms with Crippen molar-refractivity contribution in [3.05, 3.63) is 70.8 Å². The van der Waals surface area contributed by atoms with Gasteiger partial charge in [0.2, 0.25) is 10.0 Å². The molecule has 1 aromatic carbocycles. The average Bonchev–Trinajstić information content (AvgIpc) is 3.05. The van der Waals surface area contributed by atoms with Crippen molar-refractivity contribution in [1.29, 1.82) is 5.26 Å². The molecule has 8 nitrogen and oxygen atoms in total. The van der Waals surface area contributed by atoms with Crippen molar-refractivity contribution >= 4 is 27.3 Å². The lowest BCUT2D eigenvalue weighted by molar-refractivity contribution is 0.596. The summed E-state index contributed by atoms with van der Waals surface area (Å²) in [6.45, 7) is 1.82. The predicted octanol–water partition coefficient (Wildman–Crippen LogP) is 3.08. The Morgan fingerprint density at radius 2 is 1.97 bits per heavy atom. The van der Waals surface area contributed by atoms with E-state index in [4.69, 9.17) is 16.7 Å². The molecule has 0 aliphatic carbocycles. The molecule has 30 heavy (non-hydrogen) atoms. The van der Waals surface area contributed by atoms with Gasteiger partial charge < -0.3 is 0 Å². The van der Waals surface area contributed by atoms with E-state index in [0.29, 0.717) is 44.6 Å². The van der Waals surface area contributed by atoms with E-state index in [1.54, 1.807) is 41.0 Å². The monoisotopic (exact) mass is 438 g/mol. The molecule has 0 fully saturated rings. The van der Waals surface area contributed by atoms with Crippen molar-refractivity contribution in [2.45, 2.75) is 12.7 Å². The maximum Gasteiger partial charge on any atom is 0.214 e. The normalized spacial score (nSPS) is 11.5. The van der Waals surface area contributed by atoms with Crippen LogP contribution in [0.15, 0.2) is 48.7 Å². The standard InChI is InChI=1S/C20H15ClN6O2S/c1-12-7-15(9-17(21)24-12)18-19(14-4-2-3-13(8-14)10-22)26-27-6-5-16(25-20(18)27)11-30(23,28)29/h2-9H,11H2,1H3,(H2,23,28,29). The SMILES string of the molecule is Cc1cc(-c2c(-c3cccc(C#N)c3)nn3ccc(CS(N)(=O)=O)nc23)cc(Cl)n1. The van der Waals surface area contributed by atoms with Crippen LogP contribution < -0.4 is 5.14 Å². The molecule has 150 valence electrons. The fraction of sp³-hybridized carbons (Fsp3) is 0.100. The van der Waals surface area contributed by atoms with Crippen molar-refractivity contribution < 1.29 is 8.42 Å². The first-order valence-electron chi connectivity index (χ1n) is 8.77. The van der Waals surface area contributed by atoms with E-state index < -0.39 is 15.8 Å². The third-order valence-corrected chi connectivity index (χ3v) is 5.26. The van der Waals surface area contributed by atoms with Crippen molar-refractivity contribution in [1.82, 2.24) is 19.6 Å². The molecule has 4 aromatic rings. The molecule has 0 saturated heterocycles. The number of pyridine rings is 1. The Balaban J connectivity index is 2.04. The Kier molecular flexibility index (Phi) is 4.99. The van der Waals surface area contributed by atoms with Crippen molar-refractivity contribution in [3.8, 4) is 28.5 Å². The minimum Gasteiger partial charge on any atom is -0.241 e. The summed E-state index contributed by atoms with van der Waals surface area (Å²) in [5.41, 5.74) is 4.59. The van der Waals surface area contributed by atoms with E-state index in [9.17, 15) is 13.7 Å². The predicted molar refractivity (Wildman–Crippen MR) is 113 cm³/mol. The van der Waals surface area contributed by atoms with Gasteiger partial charge in [0.25, 0.3) is 0 Å². The number of benzene rings is 1. The molecule has 0 spiro atoms. The van der Waals surface area contributed by atoms with Gasteiger partial charge in [-0.15, -0.1) is 0 Å². The van der Waals surface area contributed by atoms with Gasteiger partial charge in [0.1, 0.15) is 16.6 Å². The molecule has 0 saturated carbocycles. The smallest absolute Gasteiger partial charge is 0.214 e. The Morgan fingerprint density at radius 1 is 1.17 bits per heavy atom. The van der Waals surface area contributed by atoms with Crippen LogP contribution in [0.2, 0.25) is 5.15 Å². The summed E-state index contributed by atoms with van der Waals surface area (Å²) in [6.07, 6.45) is 1.62. The highest BCUT2D eigenvalue weighted by Crippen LogP contribution is 2.36. The molecule has 3 heterocycles. The van der Waals surface area contributed by atoms with E-state index >= 15 is 0 Å². The summed E-state index contributed by atoms with van der Waals surface area (Å²) in [7, 11) is -3.75. The number of fused-ring (bicyclic) bond motifs is 1. The summed E-state index contributed by atoms with van der Waals surface area (Å²) in [5.74, 6) is -0.399. The van der Waals surface area contributed by atoms with Gasteiger partial charge in [-0.1, -0.05) is 23.7 Å². The zero-order valence-electron chi connectivity index (χ0n) is 15.7. The fourth-order valence-electron chi connectivity index (χ4n) is 3.23. The molecule has 2 N–H and O–H groups in total. The number of rotatable bonds is 4. The van der Waals surface area contributed by atoms with Crippen LogP contribution in [0.1, 0.15) is 17.0 Å². The van der Waals surface area contributed by atoms with E-state index in [1.807, 2.05) is 19.1 Å². The summed E-state index contributed by atoms with van der Waals surface area (Å²) in [4.78, 5) is 8.70. The molecule has 0 aliphatic rings. The number of halogens is 1. The largest absolute Gasteiger partial charge is 0.241 e. The summed E-state index contributed by atoms with van der Waals surface area (Å²) in [6, 6.07) is 14.2. The van der Waals surface area contributed by atoms with Crippen LogP contribution in [0.4, 0.5) is 0 Å². The van der Waals surface area contributed by atoms with Crippen LogP contribution in [-0.4, -0.2) is 28.0 Å². The van der Waals surface area contributed by atoms with Crippen LogP contribution in [-0.2, 0) is 15.8 Å². The van der Waals surface area contributed by atoms with Gasteiger partial charge in [-0.05, 0) is 42.8 Å². The first-order chi connectivity index (χ1) is 14.2. The van der Waals surface area contributed by atoms with Crippen LogP contribution in [0.5, 0.6) is 0 Å². The lowest BCUT2D eigenvalue weighted by atomic mass is 10.00. The molecular formula is C20H15ClN6O2S. The number of aryl methyl sites for hydroxylation is 1. The lowest BCUT2D eigenvalue weighted by Crippen LogP contribution is -2.15. The molecular weight excluding hydrogens is 424 g/mol. The summed E-state index contributed by atoms with van der Waals surface area (Å²) >= 11 is 6.19. The summed E-state index contributed by atoms with van der Waals surface area (Å²) < 4.78 is 24.6. The van der Waals surface area contributed by atoms with Gasteiger partial charge >= 0.3 is 0 Å². The third-order valence-electron chi connectivity index (χ3n) is 4.37. The molecule has 10 heteroatoms. The third kappa shape index (κ3) is 4.02. The van der Waals surface area contributed by atoms with Crippen molar-refractivity contribution in [2.24, 2.45) is 5.14 Å². The number of sulfonamides is 1. The number of hydrogen-bond acceptors (Lipinski definition) is 6. The van der Waals surface area contributed by atoms with E-state index in [1.165, 1.54) is 0 Å². The number of aromatic nitrogens is 4. The number of primary sulfonamides is 1. The topological polar surface area (TPSA) is 127 Å². The Bertz CT molecular complexity index is 1420. The molecule has 0 radical (unpaired) electrons. The number of nitriles is 1. The molecule has 3 aromatic heterocycles. The number of hydrogen-bond donors (Lipinski definition) is 1. The van der Waals surface area contributed by atoms with E-state index in [-0.39, 0.29) is 0 Å². The minimum atomic E-state index is -3.75. The van der Waals surface area contributed by atoms with Gasteiger partial charge in [0.05, 0.1) is 22.9 Å². The van der Waals surface area contributed by atoms with Gasteiger partial charge in [0.15, 0.2) is 5.65 Å². The first kappa shape index (κ1) is 20.0. The van der Waals surface area contributed by atoms with Gasteiger partial charge in [-0.25, -0.2) is 28.0 Å². The van der Waals surface area contributed by atoms with Gasteiger partial charge in [-0.2, -0.15) is 10.4 Å². The second-order valence-electron chi connectivity index (χ2n) is 6.73. The molecule has 0 amide bonds. The average molecular weight is 439 g/mol. The van der Waals surface area contributed by atoms with Gasteiger partial charge in [-0.3, -0.25) is 0 Å². The van der Waals surface area contributed by atoms with E-state index in [0.717, 1.165) is 5.56 Å². The minimum absolute atomic E-state index is 0.292. The second-order valence-corrected chi connectivity index (χ2v) is 8.73. The van der Waals surface area contributed by atoms with Crippen LogP contribution in [0.25, 0.3) is 28.0 Å². The lowest BCUT2D eigenvalue weighted by Gasteiger charge is -2.06. The Labute approximate surface area is 177 Å². The summed E-state index contributed by atoms with van der Waals surface area (Å²) in [5, 5.41) is 19.4. The molecule has 0 aliphatic heterocycles.